The predicted octanol–water partition coefficient (Wildman–Crippen LogP) is 4.93. The van der Waals surface area contributed by atoms with Crippen LogP contribution in [0.15, 0.2) is 60.7 Å². The van der Waals surface area contributed by atoms with E-state index < -0.39 is 0 Å². The smallest absolute Gasteiger partial charge is 0.184 e. The molecule has 0 amide bonds. The van der Waals surface area contributed by atoms with Gasteiger partial charge in [-0.15, -0.1) is 0 Å². The van der Waals surface area contributed by atoms with Crippen LogP contribution in [0.4, 0.5) is 0 Å². The molecule has 3 heteroatoms. The number of thioether (sulfide) groups is 2. The van der Waals surface area contributed by atoms with E-state index in [9.17, 15) is 0 Å². The summed E-state index contributed by atoms with van der Waals surface area (Å²) in [4.78, 5) is 0. The molecule has 2 aromatic carbocycles. The molecular weight excluding hydrogens is 451 g/mol. The van der Waals surface area contributed by atoms with Crippen LogP contribution >= 0.6 is 23.5 Å². The molecule has 0 heterocycles. The molecule has 0 aliphatic rings. The summed E-state index contributed by atoms with van der Waals surface area (Å²) in [6, 6.07) is 25.0. The second kappa shape index (κ2) is 26.4. The van der Waals surface area contributed by atoms with Gasteiger partial charge >= 0.3 is 21.1 Å². The average Bonchev–Trinajstić information content (AvgIpc) is 2.45. The van der Waals surface area contributed by atoms with Crippen molar-refractivity contribution >= 4 is 23.5 Å². The maximum absolute atomic E-state index is 2.89. The molecule has 0 saturated carbocycles. The van der Waals surface area contributed by atoms with Gasteiger partial charge in [0, 0.05) is 0 Å². The molecule has 0 unspecified atom stereocenters. The third kappa shape index (κ3) is 31.9. The van der Waals surface area contributed by atoms with Gasteiger partial charge in [-0.05, 0) is 25.0 Å². The van der Waals surface area contributed by atoms with E-state index in [0.717, 1.165) is 0 Å². The topological polar surface area (TPSA) is 0 Å². The van der Waals surface area contributed by atoms with Gasteiger partial charge in [-0.25, -0.2) is 0 Å². The van der Waals surface area contributed by atoms with E-state index in [1.54, 1.807) is 23.5 Å². The molecule has 0 spiro atoms. The fourth-order valence-corrected chi connectivity index (χ4v) is 0.684. The summed E-state index contributed by atoms with van der Waals surface area (Å²) in [6.07, 6.45) is 8.17. The van der Waals surface area contributed by atoms with Gasteiger partial charge in [-0.2, -0.15) is 96.3 Å². The largest absolute Gasteiger partial charge is 2.00 e. The minimum Gasteiger partial charge on any atom is -0.184 e. The van der Waals surface area contributed by atoms with Crippen LogP contribution in [0.2, 0.25) is 0 Å². The van der Waals surface area contributed by atoms with Crippen LogP contribution in [0.25, 0.3) is 0 Å². The first-order chi connectivity index (χ1) is 8.83. The summed E-state index contributed by atoms with van der Waals surface area (Å²) < 4.78 is 0. The van der Waals surface area contributed by atoms with E-state index in [-0.39, 0.29) is 21.1 Å². The maximum atomic E-state index is 2.89. The Bertz CT molecular complexity index is 214. The monoisotopic (exact) mass is 473 g/mol. The number of hydrogen-bond acceptors (Lipinski definition) is 2. The molecule has 0 aliphatic carbocycles. The quantitative estimate of drug-likeness (QED) is 0.498. The predicted molar refractivity (Wildman–Crippen MR) is 89.4 cm³/mol. The van der Waals surface area contributed by atoms with Crippen molar-refractivity contribution in [3.8, 4) is 0 Å². The van der Waals surface area contributed by atoms with Gasteiger partial charge in [0.15, 0.2) is 0 Å². The molecule has 0 aromatic heterocycles. The molecule has 0 saturated heterocycles. The Balaban J connectivity index is -0.000000188. The molecule has 2 rings (SSSR count). The zero-order valence-electron chi connectivity index (χ0n) is 11.9. The van der Waals surface area contributed by atoms with Gasteiger partial charge in [0.1, 0.15) is 0 Å². The second-order valence-corrected chi connectivity index (χ2v) is 4.60. The maximum Gasteiger partial charge on any atom is 2.00 e. The van der Waals surface area contributed by atoms with Crippen LogP contribution in [0.3, 0.4) is 0 Å². The van der Waals surface area contributed by atoms with E-state index in [0.29, 0.717) is 0 Å². The number of rotatable bonds is 0. The van der Waals surface area contributed by atoms with Gasteiger partial charge in [-0.1, -0.05) is 0 Å². The van der Waals surface area contributed by atoms with Crippen molar-refractivity contribution in [1.29, 1.82) is 0 Å². The number of benzene rings is 2. The van der Waals surface area contributed by atoms with Gasteiger partial charge in [0.2, 0.25) is 0 Å². The Hall–Kier alpha value is -0.172. The summed E-state index contributed by atoms with van der Waals surface area (Å²) in [5.74, 6) is 0. The van der Waals surface area contributed by atoms with E-state index in [1.807, 2.05) is 85.7 Å². The molecular formula is C16H22PtS2. The number of hydrogen-bond donors (Lipinski definition) is 0. The average molecular weight is 474 g/mol. The van der Waals surface area contributed by atoms with Crippen molar-refractivity contribution in [2.45, 2.75) is 0 Å². The Labute approximate surface area is 142 Å². The van der Waals surface area contributed by atoms with Crippen LogP contribution < -0.4 is 0 Å². The third-order valence-corrected chi connectivity index (χ3v) is 1.21. The van der Waals surface area contributed by atoms with E-state index in [1.165, 1.54) is 0 Å². The zero-order chi connectivity index (χ0) is 13.9. The fraction of sp³-hybridized carbons (Fsp3) is 0.250. The first-order valence-electron chi connectivity index (χ1n) is 5.45. The van der Waals surface area contributed by atoms with Gasteiger partial charge in [0.25, 0.3) is 0 Å². The summed E-state index contributed by atoms with van der Waals surface area (Å²) in [5.41, 5.74) is 0. The summed E-state index contributed by atoms with van der Waals surface area (Å²) in [6.45, 7) is 0. The van der Waals surface area contributed by atoms with E-state index >= 15 is 0 Å². The summed E-state index contributed by atoms with van der Waals surface area (Å²) >= 11 is 3.50. The van der Waals surface area contributed by atoms with Crippen LogP contribution in [0, 0.1) is 12.1 Å². The molecule has 0 fully saturated rings. The van der Waals surface area contributed by atoms with Gasteiger partial charge in [0.05, 0.1) is 0 Å². The zero-order valence-corrected chi connectivity index (χ0v) is 15.8. The molecule has 0 nitrogen and oxygen atoms in total. The Morgan fingerprint density at radius 2 is 0.737 bits per heavy atom. The Morgan fingerprint density at radius 3 is 0.789 bits per heavy atom. The molecule has 0 aliphatic heterocycles. The van der Waals surface area contributed by atoms with Crippen molar-refractivity contribution in [3.05, 3.63) is 72.8 Å². The fourth-order valence-electron chi connectivity index (χ4n) is 0.684. The first-order valence-corrected chi connectivity index (χ1v) is 8.72. The van der Waals surface area contributed by atoms with Crippen LogP contribution in [-0.2, 0) is 21.1 Å². The van der Waals surface area contributed by atoms with Crippen molar-refractivity contribution in [2.24, 2.45) is 0 Å². The van der Waals surface area contributed by atoms with Crippen molar-refractivity contribution in [1.82, 2.24) is 0 Å². The Morgan fingerprint density at radius 1 is 0.526 bits per heavy atom. The van der Waals surface area contributed by atoms with Crippen molar-refractivity contribution < 1.29 is 21.1 Å². The summed E-state index contributed by atoms with van der Waals surface area (Å²) in [7, 11) is 0. The normalized spacial score (nSPS) is 6.95. The molecule has 0 radical (unpaired) electrons. The second-order valence-electron chi connectivity index (χ2n) is 2.97. The summed E-state index contributed by atoms with van der Waals surface area (Å²) in [5, 5.41) is 0. The van der Waals surface area contributed by atoms with Crippen LogP contribution in [0.5, 0.6) is 0 Å². The van der Waals surface area contributed by atoms with Gasteiger partial charge < -0.3 is 0 Å². The van der Waals surface area contributed by atoms with Crippen molar-refractivity contribution in [3.63, 3.8) is 0 Å². The minimum atomic E-state index is 0. The Kier molecular flexibility index (Phi) is 33.2. The first kappa shape index (κ1) is 23.9. The molecule has 0 bridgehead atoms. The third-order valence-electron chi connectivity index (χ3n) is 1.21. The van der Waals surface area contributed by atoms with E-state index in [2.05, 4.69) is 12.1 Å². The molecule has 19 heavy (non-hydrogen) atoms. The standard InChI is InChI=1S/2C6H5.2C2H6S.Pt/c2*1-2-4-6-5-3-1;2*1-3-2;/h2*1-5H;2*1-2H3;/q2*-1;;;+2. The van der Waals surface area contributed by atoms with Crippen LogP contribution in [0.1, 0.15) is 0 Å². The van der Waals surface area contributed by atoms with Crippen molar-refractivity contribution in [2.75, 3.05) is 25.0 Å². The molecule has 2 aromatic rings. The minimum absolute atomic E-state index is 0. The molecule has 108 valence electrons. The van der Waals surface area contributed by atoms with E-state index in [4.69, 9.17) is 0 Å². The van der Waals surface area contributed by atoms with Crippen LogP contribution in [-0.4, -0.2) is 25.0 Å². The molecule has 0 N–H and O–H groups in total. The molecule has 0 atom stereocenters. The SMILES string of the molecule is CSC.CSC.[Pt+2].[c-]1ccccc1.[c-]1ccccc1. The van der Waals surface area contributed by atoms with Gasteiger partial charge in [-0.3, -0.25) is 0 Å².